The molecule has 6 nitrogen and oxygen atoms in total. The first-order chi connectivity index (χ1) is 11.1. The van der Waals surface area contributed by atoms with Gasteiger partial charge in [-0.3, -0.25) is 9.78 Å². The van der Waals surface area contributed by atoms with Crippen LogP contribution in [0.2, 0.25) is 10.0 Å². The van der Waals surface area contributed by atoms with Crippen LogP contribution in [0, 0.1) is 0 Å². The number of carbonyl (C=O) groups is 1. The number of carbonyl (C=O) groups excluding carboxylic acids is 1. The molecule has 3 aromatic rings. The van der Waals surface area contributed by atoms with Crippen molar-refractivity contribution in [2.24, 2.45) is 0 Å². The van der Waals surface area contributed by atoms with Gasteiger partial charge in [0.2, 0.25) is 11.7 Å². The van der Waals surface area contributed by atoms with Crippen molar-refractivity contribution in [2.75, 3.05) is 0 Å². The van der Waals surface area contributed by atoms with E-state index in [0.717, 1.165) is 0 Å². The fourth-order valence-corrected chi connectivity index (χ4v) is 2.12. The van der Waals surface area contributed by atoms with Crippen molar-refractivity contribution in [1.82, 2.24) is 20.4 Å². The smallest absolute Gasteiger partial charge is 0.251 e. The lowest BCUT2D eigenvalue weighted by Crippen LogP contribution is -2.22. The number of nitrogens with zero attached hydrogens (tertiary/aromatic N) is 3. The largest absolute Gasteiger partial charge is 0.343 e. The summed E-state index contributed by atoms with van der Waals surface area (Å²) in [5.74, 6) is 0.324. The molecule has 1 N–H and O–H groups in total. The Labute approximate surface area is 141 Å². The summed E-state index contributed by atoms with van der Waals surface area (Å²) in [6.07, 6.45) is 1.64. The summed E-state index contributed by atoms with van der Waals surface area (Å²) in [4.78, 5) is 20.3. The second kappa shape index (κ2) is 6.76. The van der Waals surface area contributed by atoms with Gasteiger partial charge in [0.1, 0.15) is 5.69 Å². The van der Waals surface area contributed by atoms with Crippen LogP contribution in [-0.4, -0.2) is 21.0 Å². The molecule has 0 aliphatic carbocycles. The van der Waals surface area contributed by atoms with Gasteiger partial charge in [-0.2, -0.15) is 4.98 Å². The lowest BCUT2D eigenvalue weighted by atomic mass is 10.2. The van der Waals surface area contributed by atoms with E-state index in [1.54, 1.807) is 30.5 Å². The monoisotopic (exact) mass is 348 g/mol. The number of amides is 1. The number of hydrogen-bond donors (Lipinski definition) is 1. The van der Waals surface area contributed by atoms with Crippen molar-refractivity contribution in [1.29, 1.82) is 0 Å². The summed E-state index contributed by atoms with van der Waals surface area (Å²) in [6.45, 7) is 0.0961. The Morgan fingerprint density at radius 3 is 2.78 bits per heavy atom. The maximum Gasteiger partial charge on any atom is 0.251 e. The third-order valence-corrected chi connectivity index (χ3v) is 3.68. The fourth-order valence-electron chi connectivity index (χ4n) is 1.82. The van der Waals surface area contributed by atoms with Gasteiger partial charge in [-0.25, -0.2) is 0 Å². The molecular weight excluding hydrogens is 339 g/mol. The predicted octanol–water partition coefficient (Wildman–Crippen LogP) is 3.37. The van der Waals surface area contributed by atoms with Crippen LogP contribution in [0.5, 0.6) is 0 Å². The minimum atomic E-state index is -0.318. The Bertz CT molecular complexity index is 837. The average Bonchev–Trinajstić information content (AvgIpc) is 3.05. The third-order valence-electron chi connectivity index (χ3n) is 2.94. The number of aromatic nitrogens is 3. The Hall–Kier alpha value is -2.44. The molecule has 1 amide bonds. The van der Waals surface area contributed by atoms with Gasteiger partial charge >= 0.3 is 0 Å². The van der Waals surface area contributed by atoms with Crippen molar-refractivity contribution in [3.8, 4) is 11.5 Å². The number of halogens is 2. The molecular formula is C15H10Cl2N4O2. The quantitative estimate of drug-likeness (QED) is 0.781. The highest BCUT2D eigenvalue weighted by Crippen LogP contribution is 2.22. The molecule has 0 fully saturated rings. The summed E-state index contributed by atoms with van der Waals surface area (Å²) in [5.41, 5.74) is 0.988. The number of hydrogen-bond acceptors (Lipinski definition) is 5. The maximum absolute atomic E-state index is 12.0. The van der Waals surface area contributed by atoms with Crippen molar-refractivity contribution in [3.63, 3.8) is 0 Å². The van der Waals surface area contributed by atoms with Gasteiger partial charge in [-0.05, 0) is 30.3 Å². The molecule has 1 aromatic carbocycles. The number of nitrogens with one attached hydrogen (secondary N) is 1. The molecule has 0 saturated carbocycles. The Balaban J connectivity index is 1.65. The summed E-state index contributed by atoms with van der Waals surface area (Å²) in [6, 6.07) is 10.0. The summed E-state index contributed by atoms with van der Waals surface area (Å²) < 4.78 is 5.09. The number of rotatable bonds is 4. The maximum atomic E-state index is 12.0. The first-order valence-corrected chi connectivity index (χ1v) is 7.36. The molecule has 0 aliphatic heterocycles. The zero-order valence-electron chi connectivity index (χ0n) is 11.7. The van der Waals surface area contributed by atoms with Crippen LogP contribution in [-0.2, 0) is 6.54 Å². The highest BCUT2D eigenvalue weighted by atomic mass is 35.5. The lowest BCUT2D eigenvalue weighted by Gasteiger charge is -2.03. The van der Waals surface area contributed by atoms with Crippen LogP contribution in [0.3, 0.4) is 0 Å². The fraction of sp³-hybridized carbons (Fsp3) is 0.0667. The van der Waals surface area contributed by atoms with Gasteiger partial charge in [-0.15, -0.1) is 0 Å². The number of benzene rings is 1. The predicted molar refractivity (Wildman–Crippen MR) is 85.2 cm³/mol. The highest BCUT2D eigenvalue weighted by Gasteiger charge is 2.12. The van der Waals surface area contributed by atoms with E-state index in [2.05, 4.69) is 20.4 Å². The van der Waals surface area contributed by atoms with Gasteiger partial charge in [0, 0.05) is 11.8 Å². The molecule has 0 saturated heterocycles. The van der Waals surface area contributed by atoms with Gasteiger partial charge < -0.3 is 9.84 Å². The Morgan fingerprint density at radius 1 is 1.17 bits per heavy atom. The highest BCUT2D eigenvalue weighted by molar-refractivity contribution is 6.42. The molecule has 2 aromatic heterocycles. The molecule has 0 atom stereocenters. The van der Waals surface area contributed by atoms with Gasteiger partial charge in [0.15, 0.2) is 0 Å². The van der Waals surface area contributed by atoms with Gasteiger partial charge in [0.25, 0.3) is 5.91 Å². The summed E-state index contributed by atoms with van der Waals surface area (Å²) >= 11 is 11.7. The van der Waals surface area contributed by atoms with E-state index in [0.29, 0.717) is 27.1 Å². The van der Waals surface area contributed by atoms with E-state index >= 15 is 0 Å². The van der Waals surface area contributed by atoms with Crippen LogP contribution in [0.15, 0.2) is 47.1 Å². The van der Waals surface area contributed by atoms with Crippen LogP contribution in [0.4, 0.5) is 0 Å². The first-order valence-electron chi connectivity index (χ1n) is 6.61. The van der Waals surface area contributed by atoms with Crippen molar-refractivity contribution >= 4 is 29.1 Å². The molecule has 3 rings (SSSR count). The standard InChI is InChI=1S/C15H10Cl2N4O2/c16-10-5-4-9(7-11(10)17)15(22)19-8-13-20-14(21-23-13)12-3-1-2-6-18-12/h1-7H,8H2,(H,19,22). The third kappa shape index (κ3) is 3.67. The molecule has 0 aliphatic rings. The van der Waals surface area contributed by atoms with Gasteiger partial charge in [-0.1, -0.05) is 34.4 Å². The molecule has 0 unspecified atom stereocenters. The molecule has 0 spiro atoms. The van der Waals surface area contributed by atoms with E-state index < -0.39 is 0 Å². The summed E-state index contributed by atoms with van der Waals surface area (Å²) in [5, 5.41) is 7.20. The van der Waals surface area contributed by atoms with E-state index in [1.165, 1.54) is 6.07 Å². The zero-order valence-corrected chi connectivity index (χ0v) is 13.2. The number of pyridine rings is 1. The molecule has 8 heteroatoms. The summed E-state index contributed by atoms with van der Waals surface area (Å²) in [7, 11) is 0. The SMILES string of the molecule is O=C(NCc1nc(-c2ccccn2)no1)c1ccc(Cl)c(Cl)c1. The topological polar surface area (TPSA) is 80.9 Å². The molecule has 2 heterocycles. The van der Waals surface area contributed by atoms with Crippen LogP contribution >= 0.6 is 23.2 Å². The molecule has 0 radical (unpaired) electrons. The van der Waals surface area contributed by atoms with E-state index in [9.17, 15) is 4.79 Å². The van der Waals surface area contributed by atoms with Crippen molar-refractivity contribution in [3.05, 3.63) is 64.1 Å². The molecule has 23 heavy (non-hydrogen) atoms. The Morgan fingerprint density at radius 2 is 2.04 bits per heavy atom. The molecule has 0 bridgehead atoms. The second-order valence-corrected chi connectivity index (χ2v) is 5.35. The van der Waals surface area contributed by atoms with Crippen LogP contribution in [0.25, 0.3) is 11.5 Å². The molecule has 116 valence electrons. The van der Waals surface area contributed by atoms with Gasteiger partial charge in [0.05, 0.1) is 16.6 Å². The van der Waals surface area contributed by atoms with E-state index in [-0.39, 0.29) is 18.3 Å². The minimum absolute atomic E-state index is 0.0961. The van der Waals surface area contributed by atoms with Crippen molar-refractivity contribution in [2.45, 2.75) is 6.54 Å². The lowest BCUT2D eigenvalue weighted by molar-refractivity contribution is 0.0946. The van der Waals surface area contributed by atoms with Crippen molar-refractivity contribution < 1.29 is 9.32 Å². The first kappa shape index (κ1) is 15.5. The van der Waals surface area contributed by atoms with E-state index in [4.69, 9.17) is 27.7 Å². The zero-order chi connectivity index (χ0) is 16.2. The van der Waals surface area contributed by atoms with Crippen LogP contribution in [0.1, 0.15) is 16.2 Å². The van der Waals surface area contributed by atoms with Crippen LogP contribution < -0.4 is 5.32 Å². The second-order valence-electron chi connectivity index (χ2n) is 4.54. The Kier molecular flexibility index (Phi) is 4.55. The minimum Gasteiger partial charge on any atom is -0.343 e. The van der Waals surface area contributed by atoms with E-state index in [1.807, 2.05) is 6.07 Å². The normalized spacial score (nSPS) is 10.5. The average molecular weight is 349 g/mol.